The lowest BCUT2D eigenvalue weighted by atomic mass is 10.1. The summed E-state index contributed by atoms with van der Waals surface area (Å²) in [5.41, 5.74) is 0.768. The van der Waals surface area contributed by atoms with Crippen LogP contribution in [0.2, 0.25) is 0 Å². The summed E-state index contributed by atoms with van der Waals surface area (Å²) in [4.78, 5) is 13.3. The second-order valence-electron chi connectivity index (χ2n) is 4.74. The van der Waals surface area contributed by atoms with Crippen molar-refractivity contribution < 1.29 is 9.90 Å². The Morgan fingerprint density at radius 3 is 2.44 bits per heavy atom. The van der Waals surface area contributed by atoms with E-state index >= 15 is 0 Å². The summed E-state index contributed by atoms with van der Waals surface area (Å²) in [6.45, 7) is 5.54. The highest BCUT2D eigenvalue weighted by Gasteiger charge is 2.18. The number of Topliss-reactive ketones (excluding diaryl/α,β-unsaturated/α-hetero) is 1. The molecule has 0 fully saturated rings. The fraction of sp³-hybridized carbons (Fsp3) is 0.462. The number of para-hydroxylation sites is 1. The number of ketones is 1. The molecule has 1 rings (SSSR count). The van der Waals surface area contributed by atoms with Crippen molar-refractivity contribution in [2.24, 2.45) is 0 Å². The Labute approximate surface area is 96.7 Å². The molecule has 3 heteroatoms. The third-order valence-corrected chi connectivity index (χ3v) is 2.32. The molecule has 0 aliphatic carbocycles. The van der Waals surface area contributed by atoms with E-state index in [1.54, 1.807) is 26.8 Å². The van der Waals surface area contributed by atoms with Gasteiger partial charge in [-0.05, 0) is 32.9 Å². The normalized spacial score (nSPS) is 11.3. The molecular weight excluding hydrogens is 202 g/mol. The number of hydrogen-bond donors (Lipinski definition) is 1. The number of benzene rings is 1. The summed E-state index contributed by atoms with van der Waals surface area (Å²) in [6.07, 6.45) is 0. The van der Waals surface area contributed by atoms with Crippen LogP contribution in [-0.4, -0.2) is 30.1 Å². The van der Waals surface area contributed by atoms with Gasteiger partial charge in [0.25, 0.3) is 0 Å². The Hall–Kier alpha value is -1.35. The number of aliphatic hydroxyl groups is 1. The number of rotatable bonds is 4. The minimum Gasteiger partial charge on any atom is -0.389 e. The molecule has 0 amide bonds. The summed E-state index contributed by atoms with van der Waals surface area (Å²) in [6, 6.07) is 7.43. The lowest BCUT2D eigenvalue weighted by Crippen LogP contribution is -2.36. The van der Waals surface area contributed by atoms with Crippen molar-refractivity contribution in [2.45, 2.75) is 26.4 Å². The molecule has 0 spiro atoms. The van der Waals surface area contributed by atoms with E-state index in [1.807, 2.05) is 30.1 Å². The monoisotopic (exact) mass is 221 g/mol. The summed E-state index contributed by atoms with van der Waals surface area (Å²) in [7, 11) is 1.87. The van der Waals surface area contributed by atoms with Crippen LogP contribution in [0.1, 0.15) is 31.1 Å². The van der Waals surface area contributed by atoms with Gasteiger partial charge in [0.05, 0.1) is 5.60 Å². The van der Waals surface area contributed by atoms with Gasteiger partial charge in [0.15, 0.2) is 5.78 Å². The number of likely N-dealkylation sites (N-methyl/N-ethyl adjacent to an activating group) is 1. The highest BCUT2D eigenvalue weighted by molar-refractivity contribution is 5.99. The number of carbonyl (C=O) groups is 1. The first-order valence-electron chi connectivity index (χ1n) is 5.35. The maximum Gasteiger partial charge on any atom is 0.161 e. The standard InChI is InChI=1S/C13H19NO2/c1-10(15)11-7-5-6-8-12(11)14(4)9-13(2,3)16/h5-8,16H,9H2,1-4H3. The van der Waals surface area contributed by atoms with Gasteiger partial charge in [-0.15, -0.1) is 0 Å². The van der Waals surface area contributed by atoms with E-state index in [2.05, 4.69) is 0 Å². The molecule has 0 atom stereocenters. The van der Waals surface area contributed by atoms with Gasteiger partial charge < -0.3 is 10.0 Å². The van der Waals surface area contributed by atoms with Crippen LogP contribution in [0.5, 0.6) is 0 Å². The molecule has 88 valence electrons. The smallest absolute Gasteiger partial charge is 0.161 e. The van der Waals surface area contributed by atoms with Crippen molar-refractivity contribution >= 4 is 11.5 Å². The first-order chi connectivity index (χ1) is 7.31. The molecule has 0 unspecified atom stereocenters. The van der Waals surface area contributed by atoms with Crippen LogP contribution < -0.4 is 4.90 Å². The molecular formula is C13H19NO2. The third-order valence-electron chi connectivity index (χ3n) is 2.32. The molecule has 1 aromatic rings. The van der Waals surface area contributed by atoms with E-state index in [0.29, 0.717) is 12.1 Å². The number of anilines is 1. The number of carbonyl (C=O) groups excluding carboxylic acids is 1. The van der Waals surface area contributed by atoms with Crippen molar-refractivity contribution in [1.29, 1.82) is 0 Å². The molecule has 0 aliphatic rings. The molecule has 0 saturated carbocycles. The molecule has 0 aliphatic heterocycles. The predicted octanol–water partition coefficient (Wildman–Crippen LogP) is 2.10. The van der Waals surface area contributed by atoms with E-state index < -0.39 is 5.60 Å². The van der Waals surface area contributed by atoms with Gasteiger partial charge in [0, 0.05) is 24.8 Å². The van der Waals surface area contributed by atoms with Crippen LogP contribution in [0.15, 0.2) is 24.3 Å². The fourth-order valence-electron chi connectivity index (χ4n) is 1.77. The largest absolute Gasteiger partial charge is 0.389 e. The molecule has 0 radical (unpaired) electrons. The Morgan fingerprint density at radius 1 is 1.38 bits per heavy atom. The highest BCUT2D eigenvalue weighted by atomic mass is 16.3. The number of hydrogen-bond acceptors (Lipinski definition) is 3. The first kappa shape index (κ1) is 12.7. The Kier molecular flexibility index (Phi) is 3.70. The van der Waals surface area contributed by atoms with E-state index in [0.717, 1.165) is 5.69 Å². The van der Waals surface area contributed by atoms with Crippen molar-refractivity contribution in [3.05, 3.63) is 29.8 Å². The van der Waals surface area contributed by atoms with Gasteiger partial charge >= 0.3 is 0 Å². The zero-order chi connectivity index (χ0) is 12.3. The average Bonchev–Trinajstić information content (AvgIpc) is 2.15. The van der Waals surface area contributed by atoms with Crippen LogP contribution in [0, 0.1) is 0 Å². The van der Waals surface area contributed by atoms with Gasteiger partial charge in [-0.1, -0.05) is 12.1 Å². The van der Waals surface area contributed by atoms with Crippen LogP contribution >= 0.6 is 0 Å². The highest BCUT2D eigenvalue weighted by Crippen LogP contribution is 2.21. The lowest BCUT2D eigenvalue weighted by molar-refractivity contribution is 0.0882. The molecule has 0 aromatic heterocycles. The van der Waals surface area contributed by atoms with Crippen LogP contribution in [0.25, 0.3) is 0 Å². The first-order valence-corrected chi connectivity index (χ1v) is 5.35. The molecule has 1 N–H and O–H groups in total. The van der Waals surface area contributed by atoms with Crippen LogP contribution in [0.3, 0.4) is 0 Å². The topological polar surface area (TPSA) is 40.5 Å². The van der Waals surface area contributed by atoms with Crippen LogP contribution in [0.4, 0.5) is 5.69 Å². The minimum absolute atomic E-state index is 0.0400. The second-order valence-corrected chi connectivity index (χ2v) is 4.74. The lowest BCUT2D eigenvalue weighted by Gasteiger charge is -2.28. The fourth-order valence-corrected chi connectivity index (χ4v) is 1.77. The molecule has 16 heavy (non-hydrogen) atoms. The quantitative estimate of drug-likeness (QED) is 0.791. The van der Waals surface area contributed by atoms with E-state index in [4.69, 9.17) is 0 Å². The van der Waals surface area contributed by atoms with E-state index in [-0.39, 0.29) is 5.78 Å². The third kappa shape index (κ3) is 3.35. The van der Waals surface area contributed by atoms with Crippen molar-refractivity contribution in [3.8, 4) is 0 Å². The second kappa shape index (κ2) is 4.66. The molecule has 0 heterocycles. The SMILES string of the molecule is CC(=O)c1ccccc1N(C)CC(C)(C)O. The Bertz CT molecular complexity index is 380. The van der Waals surface area contributed by atoms with Crippen molar-refractivity contribution in [2.75, 3.05) is 18.5 Å². The molecule has 0 bridgehead atoms. The van der Waals surface area contributed by atoms with Gasteiger partial charge in [-0.25, -0.2) is 0 Å². The predicted molar refractivity (Wildman–Crippen MR) is 66.0 cm³/mol. The summed E-state index contributed by atoms with van der Waals surface area (Å²) >= 11 is 0. The average molecular weight is 221 g/mol. The zero-order valence-corrected chi connectivity index (χ0v) is 10.3. The van der Waals surface area contributed by atoms with Gasteiger partial charge in [-0.3, -0.25) is 4.79 Å². The zero-order valence-electron chi connectivity index (χ0n) is 10.3. The molecule has 1 aromatic carbocycles. The van der Waals surface area contributed by atoms with Crippen molar-refractivity contribution in [1.82, 2.24) is 0 Å². The van der Waals surface area contributed by atoms with Gasteiger partial charge in [0.1, 0.15) is 0 Å². The number of nitrogens with zero attached hydrogens (tertiary/aromatic N) is 1. The van der Waals surface area contributed by atoms with Gasteiger partial charge in [-0.2, -0.15) is 0 Å². The van der Waals surface area contributed by atoms with Crippen LogP contribution in [-0.2, 0) is 0 Å². The van der Waals surface area contributed by atoms with E-state index in [9.17, 15) is 9.90 Å². The minimum atomic E-state index is -0.779. The maximum absolute atomic E-state index is 11.4. The Morgan fingerprint density at radius 2 is 1.94 bits per heavy atom. The van der Waals surface area contributed by atoms with Crippen molar-refractivity contribution in [3.63, 3.8) is 0 Å². The maximum atomic E-state index is 11.4. The summed E-state index contributed by atoms with van der Waals surface area (Å²) < 4.78 is 0. The van der Waals surface area contributed by atoms with E-state index in [1.165, 1.54) is 0 Å². The molecule has 0 saturated heterocycles. The summed E-state index contributed by atoms with van der Waals surface area (Å²) in [5.74, 6) is 0.0400. The Balaban J connectivity index is 2.99. The summed E-state index contributed by atoms with van der Waals surface area (Å²) in [5, 5.41) is 9.75. The molecule has 3 nitrogen and oxygen atoms in total. The van der Waals surface area contributed by atoms with Gasteiger partial charge in [0.2, 0.25) is 0 Å².